The molecule has 1 atom stereocenters. The first-order chi connectivity index (χ1) is 28.1. The Hall–Kier alpha value is -7.82. The molecule has 270 valence electrons. The summed E-state index contributed by atoms with van der Waals surface area (Å²) in [6.07, 6.45) is -0.270. The predicted octanol–water partition coefficient (Wildman–Crippen LogP) is 10.9. The SMILES string of the molecule is CN1C(c2ccccc2)=NC(c2ccccc2-c2ccc(C#N)c(-c3ccc(-c4nc(-c5ccccc5)nc(-c5ccccc5)n4)cc3)c2)=NC1c1ccccc1. The molecular formula is C50H35N7. The fourth-order valence-corrected chi connectivity index (χ4v) is 7.15. The molecule has 0 spiro atoms. The van der Waals surface area contributed by atoms with Crippen molar-refractivity contribution in [1.82, 2.24) is 19.9 Å². The van der Waals surface area contributed by atoms with Gasteiger partial charge in [-0.3, -0.25) is 0 Å². The third-order valence-corrected chi connectivity index (χ3v) is 10.1. The van der Waals surface area contributed by atoms with Crippen molar-refractivity contribution in [3.05, 3.63) is 210 Å². The van der Waals surface area contributed by atoms with Crippen molar-refractivity contribution in [3.8, 4) is 62.5 Å². The minimum Gasteiger partial charge on any atom is -0.333 e. The second kappa shape index (κ2) is 15.5. The van der Waals surface area contributed by atoms with E-state index in [1.54, 1.807) is 0 Å². The van der Waals surface area contributed by atoms with Gasteiger partial charge in [-0.2, -0.15) is 5.26 Å². The summed E-state index contributed by atoms with van der Waals surface area (Å²) in [5, 5.41) is 10.3. The number of rotatable bonds is 8. The topological polar surface area (TPSA) is 90.4 Å². The summed E-state index contributed by atoms with van der Waals surface area (Å²) in [4.78, 5) is 27.2. The van der Waals surface area contributed by atoms with E-state index >= 15 is 0 Å². The third kappa shape index (κ3) is 7.11. The van der Waals surface area contributed by atoms with Gasteiger partial charge in [-0.15, -0.1) is 0 Å². The van der Waals surface area contributed by atoms with Gasteiger partial charge in [0.05, 0.1) is 11.6 Å². The van der Waals surface area contributed by atoms with Crippen LogP contribution in [0.2, 0.25) is 0 Å². The van der Waals surface area contributed by atoms with Crippen molar-refractivity contribution in [1.29, 1.82) is 5.26 Å². The molecule has 0 saturated heterocycles. The van der Waals surface area contributed by atoms with Crippen LogP contribution in [0.4, 0.5) is 0 Å². The minimum atomic E-state index is -0.270. The van der Waals surface area contributed by atoms with Gasteiger partial charge in [0.1, 0.15) is 12.0 Å². The van der Waals surface area contributed by atoms with E-state index in [0.717, 1.165) is 61.5 Å². The molecule has 0 radical (unpaired) electrons. The van der Waals surface area contributed by atoms with Gasteiger partial charge < -0.3 is 4.90 Å². The van der Waals surface area contributed by atoms with Crippen molar-refractivity contribution < 1.29 is 0 Å². The molecule has 1 aromatic heterocycles. The average Bonchev–Trinajstić information content (AvgIpc) is 3.30. The van der Waals surface area contributed by atoms with E-state index in [1.165, 1.54) is 0 Å². The number of hydrogen-bond donors (Lipinski definition) is 0. The smallest absolute Gasteiger partial charge is 0.164 e. The molecule has 0 bridgehead atoms. The Labute approximate surface area is 331 Å². The summed E-state index contributed by atoms with van der Waals surface area (Å²) in [6, 6.07) is 65.1. The summed E-state index contributed by atoms with van der Waals surface area (Å²) < 4.78 is 0. The zero-order valence-corrected chi connectivity index (χ0v) is 31.1. The zero-order chi connectivity index (χ0) is 38.6. The highest BCUT2D eigenvalue weighted by Crippen LogP contribution is 2.35. The molecule has 8 aromatic rings. The Kier molecular flexibility index (Phi) is 9.50. The molecule has 7 nitrogen and oxygen atoms in total. The highest BCUT2D eigenvalue weighted by molar-refractivity contribution is 6.15. The molecule has 7 aromatic carbocycles. The lowest BCUT2D eigenvalue weighted by Gasteiger charge is -2.32. The molecule has 0 N–H and O–H groups in total. The fourth-order valence-electron chi connectivity index (χ4n) is 7.15. The maximum absolute atomic E-state index is 10.3. The lowest BCUT2D eigenvalue weighted by atomic mass is 9.92. The molecule has 0 saturated carbocycles. The third-order valence-electron chi connectivity index (χ3n) is 10.1. The van der Waals surface area contributed by atoms with Crippen LogP contribution in [0.25, 0.3) is 56.4 Å². The van der Waals surface area contributed by atoms with Gasteiger partial charge in [0, 0.05) is 40.4 Å². The fraction of sp³-hybridized carbons (Fsp3) is 0.0400. The van der Waals surface area contributed by atoms with Crippen LogP contribution in [-0.4, -0.2) is 38.6 Å². The lowest BCUT2D eigenvalue weighted by molar-refractivity contribution is 0.383. The maximum Gasteiger partial charge on any atom is 0.164 e. The Balaban J connectivity index is 1.11. The van der Waals surface area contributed by atoms with Crippen molar-refractivity contribution in [2.45, 2.75) is 6.17 Å². The van der Waals surface area contributed by atoms with Gasteiger partial charge in [-0.05, 0) is 34.4 Å². The van der Waals surface area contributed by atoms with Crippen molar-refractivity contribution in [2.24, 2.45) is 9.98 Å². The van der Waals surface area contributed by atoms with Crippen LogP contribution in [0.1, 0.15) is 28.4 Å². The van der Waals surface area contributed by atoms with E-state index in [2.05, 4.69) is 53.4 Å². The lowest BCUT2D eigenvalue weighted by Crippen LogP contribution is -2.35. The van der Waals surface area contributed by atoms with Crippen LogP contribution in [0, 0.1) is 11.3 Å². The first kappa shape index (κ1) is 34.9. The molecule has 0 aliphatic carbocycles. The van der Waals surface area contributed by atoms with E-state index in [9.17, 15) is 5.26 Å². The summed E-state index contributed by atoms with van der Waals surface area (Å²) in [7, 11) is 2.04. The van der Waals surface area contributed by atoms with E-state index < -0.39 is 0 Å². The van der Waals surface area contributed by atoms with Gasteiger partial charge in [0.15, 0.2) is 23.3 Å². The number of hydrogen-bond acceptors (Lipinski definition) is 7. The van der Waals surface area contributed by atoms with Gasteiger partial charge >= 0.3 is 0 Å². The molecule has 0 fully saturated rings. The number of nitrogens with zero attached hydrogens (tertiary/aromatic N) is 7. The summed E-state index contributed by atoms with van der Waals surface area (Å²) in [6.45, 7) is 0. The Morgan fingerprint density at radius 1 is 0.456 bits per heavy atom. The monoisotopic (exact) mass is 733 g/mol. The van der Waals surface area contributed by atoms with Gasteiger partial charge in [-0.1, -0.05) is 176 Å². The van der Waals surface area contributed by atoms with Crippen LogP contribution >= 0.6 is 0 Å². The number of nitriles is 1. The van der Waals surface area contributed by atoms with Gasteiger partial charge in [0.25, 0.3) is 0 Å². The van der Waals surface area contributed by atoms with E-state index in [-0.39, 0.29) is 6.17 Å². The first-order valence-electron chi connectivity index (χ1n) is 18.7. The summed E-state index contributed by atoms with van der Waals surface area (Å²) in [5.74, 6) is 3.27. The largest absolute Gasteiger partial charge is 0.333 e. The molecule has 57 heavy (non-hydrogen) atoms. The minimum absolute atomic E-state index is 0.270. The van der Waals surface area contributed by atoms with E-state index in [0.29, 0.717) is 28.9 Å². The number of benzene rings is 7. The number of aromatic nitrogens is 3. The Morgan fingerprint density at radius 3 is 1.47 bits per heavy atom. The van der Waals surface area contributed by atoms with Crippen molar-refractivity contribution in [3.63, 3.8) is 0 Å². The van der Waals surface area contributed by atoms with Gasteiger partial charge in [0.2, 0.25) is 0 Å². The standard InChI is InChI=1S/C50H35N7/c1-57-49(38-20-10-4-11-21-38)55-48(56-50(57)39-22-12-5-13-23-39)43-25-15-14-24-42(43)40-30-31-41(33-51)44(32-40)34-26-28-37(29-27-34)47-53-45(35-16-6-2-7-17-35)52-46(54-47)36-18-8-3-9-19-36/h2-32,49H,1H3. The Bertz CT molecular complexity index is 2740. The number of amidine groups is 2. The van der Waals surface area contributed by atoms with Gasteiger partial charge in [-0.25, -0.2) is 24.9 Å². The zero-order valence-electron chi connectivity index (χ0n) is 31.1. The normalized spacial score (nSPS) is 13.7. The molecule has 9 rings (SSSR count). The van der Waals surface area contributed by atoms with Crippen molar-refractivity contribution >= 4 is 11.7 Å². The van der Waals surface area contributed by atoms with Crippen LogP contribution in [0.3, 0.4) is 0 Å². The highest BCUT2D eigenvalue weighted by Gasteiger charge is 2.27. The molecule has 2 heterocycles. The van der Waals surface area contributed by atoms with E-state index in [4.69, 9.17) is 24.9 Å². The van der Waals surface area contributed by atoms with Crippen LogP contribution in [-0.2, 0) is 0 Å². The molecule has 7 heteroatoms. The summed E-state index contributed by atoms with van der Waals surface area (Å²) >= 11 is 0. The quantitative estimate of drug-likeness (QED) is 0.155. The van der Waals surface area contributed by atoms with Crippen molar-refractivity contribution in [2.75, 3.05) is 7.05 Å². The second-order valence-corrected chi connectivity index (χ2v) is 13.7. The number of aliphatic imine (C=N–C) groups is 2. The second-order valence-electron chi connectivity index (χ2n) is 13.7. The molecular weight excluding hydrogens is 699 g/mol. The maximum atomic E-state index is 10.3. The summed E-state index contributed by atoms with van der Waals surface area (Å²) in [5.41, 5.74) is 9.89. The van der Waals surface area contributed by atoms with E-state index in [1.807, 2.05) is 153 Å². The molecule has 1 unspecified atom stereocenters. The van der Waals surface area contributed by atoms with Crippen LogP contribution in [0.15, 0.2) is 198 Å². The molecule has 0 amide bonds. The average molecular weight is 734 g/mol. The van der Waals surface area contributed by atoms with Crippen LogP contribution in [0.5, 0.6) is 0 Å². The molecule has 1 aliphatic heterocycles. The first-order valence-corrected chi connectivity index (χ1v) is 18.7. The Morgan fingerprint density at radius 2 is 0.912 bits per heavy atom. The van der Waals surface area contributed by atoms with Crippen LogP contribution < -0.4 is 0 Å². The predicted molar refractivity (Wildman–Crippen MR) is 228 cm³/mol. The molecule has 1 aliphatic rings. The highest BCUT2D eigenvalue weighted by atomic mass is 15.3.